The molecule has 3 amide bonds. The maximum absolute atomic E-state index is 12.7. The van der Waals surface area contributed by atoms with Crippen LogP contribution in [0.25, 0.3) is 0 Å². The molecule has 0 aliphatic heterocycles. The summed E-state index contributed by atoms with van der Waals surface area (Å²) < 4.78 is 4.89. The third-order valence-corrected chi connectivity index (χ3v) is 4.08. The number of hydrogen-bond acceptors (Lipinski definition) is 6. The highest BCUT2D eigenvalue weighted by molar-refractivity contribution is 6.27. The molecule has 1 heterocycles. The van der Waals surface area contributed by atoms with Crippen molar-refractivity contribution in [3.05, 3.63) is 17.5 Å². The lowest BCUT2D eigenvalue weighted by Crippen LogP contribution is -2.50. The van der Waals surface area contributed by atoms with Crippen molar-refractivity contribution in [3.63, 3.8) is 0 Å². The van der Waals surface area contributed by atoms with Crippen LogP contribution in [0.3, 0.4) is 0 Å². The third kappa shape index (κ3) is 7.38. The van der Waals surface area contributed by atoms with Gasteiger partial charge in [-0.2, -0.15) is 0 Å². The molecule has 0 aliphatic rings. The molecular weight excluding hydrogens is 376 g/mol. The second-order valence-electron chi connectivity index (χ2n) is 6.62. The van der Waals surface area contributed by atoms with Crippen molar-refractivity contribution < 1.29 is 23.7 Å². The molecule has 0 fully saturated rings. The first-order chi connectivity index (χ1) is 12.6. The standard InChI is InChI=1S/C17H25ClN4O5/c1-10(2)6-12(7-14(23)13-9-20-27-11(13)3)17(26)21-22(16(25)8-18)5-4-15(19)24/h9-10,12H,4-8H2,1-3H3,(H2,19,24)(H,21,26)/t12-/m1/s1. The Labute approximate surface area is 162 Å². The highest BCUT2D eigenvalue weighted by atomic mass is 35.5. The van der Waals surface area contributed by atoms with Crippen LogP contribution >= 0.6 is 11.6 Å². The van der Waals surface area contributed by atoms with Crippen molar-refractivity contribution in [1.29, 1.82) is 0 Å². The lowest BCUT2D eigenvalue weighted by atomic mass is 9.90. The average molecular weight is 401 g/mol. The molecule has 0 aliphatic carbocycles. The lowest BCUT2D eigenvalue weighted by molar-refractivity contribution is -0.142. The molecule has 10 heteroatoms. The Balaban J connectivity index is 2.88. The van der Waals surface area contributed by atoms with Crippen molar-refractivity contribution in [2.24, 2.45) is 17.6 Å². The van der Waals surface area contributed by atoms with E-state index in [0.717, 1.165) is 5.01 Å². The molecule has 0 saturated heterocycles. The van der Waals surface area contributed by atoms with E-state index in [1.807, 2.05) is 13.8 Å². The van der Waals surface area contributed by atoms with Gasteiger partial charge in [-0.25, -0.2) is 0 Å². The lowest BCUT2D eigenvalue weighted by Gasteiger charge is -2.25. The number of rotatable bonds is 10. The number of hydrazine groups is 1. The van der Waals surface area contributed by atoms with Crippen LogP contribution in [0.5, 0.6) is 0 Å². The molecule has 0 bridgehead atoms. The van der Waals surface area contributed by atoms with E-state index >= 15 is 0 Å². The minimum atomic E-state index is -0.675. The van der Waals surface area contributed by atoms with Gasteiger partial charge in [0.05, 0.1) is 18.3 Å². The first kappa shape index (κ1) is 22.6. The highest BCUT2D eigenvalue weighted by Gasteiger charge is 2.27. The predicted octanol–water partition coefficient (Wildman–Crippen LogP) is 1.19. The zero-order chi connectivity index (χ0) is 20.6. The van der Waals surface area contributed by atoms with Gasteiger partial charge in [0.15, 0.2) is 5.78 Å². The van der Waals surface area contributed by atoms with Crippen molar-refractivity contribution in [2.45, 2.75) is 40.0 Å². The van der Waals surface area contributed by atoms with Crippen LogP contribution in [0.2, 0.25) is 0 Å². The van der Waals surface area contributed by atoms with Crippen LogP contribution in [0.1, 0.15) is 49.2 Å². The molecule has 0 aromatic carbocycles. The van der Waals surface area contributed by atoms with E-state index in [4.69, 9.17) is 21.9 Å². The van der Waals surface area contributed by atoms with E-state index in [1.165, 1.54) is 6.20 Å². The van der Waals surface area contributed by atoms with Gasteiger partial charge in [0.1, 0.15) is 11.6 Å². The van der Waals surface area contributed by atoms with Gasteiger partial charge in [-0.15, -0.1) is 11.6 Å². The summed E-state index contributed by atoms with van der Waals surface area (Å²) in [5.41, 5.74) is 7.86. The van der Waals surface area contributed by atoms with E-state index in [-0.39, 0.29) is 37.0 Å². The second kappa shape index (κ2) is 10.7. The Morgan fingerprint density at radius 2 is 2.00 bits per heavy atom. The maximum Gasteiger partial charge on any atom is 0.255 e. The number of ketones is 1. The largest absolute Gasteiger partial charge is 0.370 e. The molecule has 1 rings (SSSR count). The number of alkyl halides is 1. The smallest absolute Gasteiger partial charge is 0.255 e. The summed E-state index contributed by atoms with van der Waals surface area (Å²) in [5, 5.41) is 4.53. The molecule has 1 atom stereocenters. The number of nitrogens with one attached hydrogen (secondary N) is 1. The number of carbonyl (C=O) groups excluding carboxylic acids is 4. The molecule has 0 radical (unpaired) electrons. The molecule has 1 aromatic rings. The van der Waals surface area contributed by atoms with E-state index in [9.17, 15) is 19.2 Å². The number of hydrogen-bond donors (Lipinski definition) is 2. The maximum atomic E-state index is 12.7. The van der Waals surface area contributed by atoms with Crippen molar-refractivity contribution in [2.75, 3.05) is 12.4 Å². The van der Waals surface area contributed by atoms with Gasteiger partial charge >= 0.3 is 0 Å². The molecule has 9 nitrogen and oxygen atoms in total. The predicted molar refractivity (Wildman–Crippen MR) is 97.5 cm³/mol. The monoisotopic (exact) mass is 400 g/mol. The Morgan fingerprint density at radius 3 is 2.48 bits per heavy atom. The number of halogens is 1. The van der Waals surface area contributed by atoms with Gasteiger partial charge in [-0.3, -0.25) is 29.6 Å². The first-order valence-electron chi connectivity index (χ1n) is 8.55. The Kier molecular flexibility index (Phi) is 8.93. The van der Waals surface area contributed by atoms with Gasteiger partial charge in [0.2, 0.25) is 11.8 Å². The fourth-order valence-corrected chi connectivity index (χ4v) is 2.66. The summed E-state index contributed by atoms with van der Waals surface area (Å²) in [6.07, 6.45) is 1.56. The van der Waals surface area contributed by atoms with Gasteiger partial charge in [0, 0.05) is 18.8 Å². The number of nitrogens with two attached hydrogens (primary N) is 1. The number of nitrogens with zero attached hydrogens (tertiary/aromatic N) is 2. The number of primary amides is 1. The topological polar surface area (TPSA) is 136 Å². The molecule has 3 N–H and O–H groups in total. The number of aryl methyl sites for hydroxylation is 1. The van der Waals surface area contributed by atoms with Gasteiger partial charge in [-0.1, -0.05) is 19.0 Å². The van der Waals surface area contributed by atoms with E-state index in [2.05, 4.69) is 10.6 Å². The van der Waals surface area contributed by atoms with E-state index in [1.54, 1.807) is 6.92 Å². The molecule has 0 spiro atoms. The van der Waals surface area contributed by atoms with Crippen LogP contribution < -0.4 is 11.2 Å². The molecule has 0 saturated carbocycles. The van der Waals surface area contributed by atoms with Crippen LogP contribution in [-0.2, 0) is 14.4 Å². The summed E-state index contributed by atoms with van der Waals surface area (Å²) >= 11 is 5.55. The van der Waals surface area contributed by atoms with Crippen LogP contribution in [0, 0.1) is 18.8 Å². The first-order valence-corrected chi connectivity index (χ1v) is 9.08. The zero-order valence-electron chi connectivity index (χ0n) is 15.7. The minimum absolute atomic E-state index is 0.0647. The van der Waals surface area contributed by atoms with Gasteiger partial charge < -0.3 is 10.3 Å². The summed E-state index contributed by atoms with van der Waals surface area (Å²) in [7, 11) is 0. The fraction of sp³-hybridized carbons (Fsp3) is 0.588. The van der Waals surface area contributed by atoms with Crippen LogP contribution in [0.15, 0.2) is 10.7 Å². The van der Waals surface area contributed by atoms with E-state index in [0.29, 0.717) is 17.7 Å². The van der Waals surface area contributed by atoms with Gasteiger partial charge in [0.25, 0.3) is 5.91 Å². The SMILES string of the molecule is Cc1oncc1C(=O)C[C@@H](CC(C)C)C(=O)NN(CCC(N)=O)C(=O)CCl. The zero-order valence-corrected chi connectivity index (χ0v) is 16.4. The number of aromatic nitrogens is 1. The van der Waals surface area contributed by atoms with Crippen LogP contribution in [0.4, 0.5) is 0 Å². The molecule has 27 heavy (non-hydrogen) atoms. The third-order valence-electron chi connectivity index (χ3n) is 3.85. The summed E-state index contributed by atoms with van der Waals surface area (Å²) in [5.74, 6) is -2.50. The summed E-state index contributed by atoms with van der Waals surface area (Å²) in [6, 6.07) is 0. The van der Waals surface area contributed by atoms with E-state index < -0.39 is 23.6 Å². The highest BCUT2D eigenvalue weighted by Crippen LogP contribution is 2.20. The number of Topliss-reactive ketones (excluding diaryl/α,β-unsaturated/α-hetero) is 1. The Hall–Kier alpha value is -2.42. The summed E-state index contributed by atoms with van der Waals surface area (Å²) in [4.78, 5) is 48.0. The van der Waals surface area contributed by atoms with Crippen molar-refractivity contribution >= 4 is 35.1 Å². The number of amides is 3. The minimum Gasteiger partial charge on any atom is -0.370 e. The van der Waals surface area contributed by atoms with Gasteiger partial charge in [-0.05, 0) is 19.3 Å². The molecular formula is C17H25ClN4O5. The average Bonchev–Trinajstić information content (AvgIpc) is 3.02. The summed E-state index contributed by atoms with van der Waals surface area (Å²) in [6.45, 7) is 5.36. The molecule has 0 unspecified atom stereocenters. The van der Waals surface area contributed by atoms with Crippen molar-refractivity contribution in [3.8, 4) is 0 Å². The second-order valence-corrected chi connectivity index (χ2v) is 6.89. The molecule has 1 aromatic heterocycles. The van der Waals surface area contributed by atoms with Crippen LogP contribution in [-0.4, -0.2) is 46.1 Å². The molecule has 150 valence electrons. The normalized spacial score (nSPS) is 11.9. The van der Waals surface area contributed by atoms with Crippen molar-refractivity contribution in [1.82, 2.24) is 15.6 Å². The fourth-order valence-electron chi connectivity index (χ4n) is 2.51. The Morgan fingerprint density at radius 1 is 1.33 bits per heavy atom. The Bertz CT molecular complexity index is 689. The number of carbonyl (C=O) groups is 4. The quantitative estimate of drug-likeness (QED) is 0.344.